The van der Waals surface area contributed by atoms with Crippen LogP contribution in [0.3, 0.4) is 0 Å². The van der Waals surface area contributed by atoms with Crippen LogP contribution in [0.25, 0.3) is 16.9 Å². The van der Waals surface area contributed by atoms with Crippen LogP contribution in [0, 0.1) is 6.92 Å². The van der Waals surface area contributed by atoms with Crippen molar-refractivity contribution in [2.24, 2.45) is 0 Å². The molecule has 0 spiro atoms. The molecule has 1 amide bonds. The molecule has 0 unspecified atom stereocenters. The minimum atomic E-state index is -4.31. The summed E-state index contributed by atoms with van der Waals surface area (Å²) in [5, 5.41) is 10.5. The molecule has 8 nitrogen and oxygen atoms in total. The Balaban J connectivity index is 1.54. The van der Waals surface area contributed by atoms with Crippen LogP contribution in [0.5, 0.6) is 17.4 Å². The summed E-state index contributed by atoms with van der Waals surface area (Å²) in [5.41, 5.74) is 4.30. The highest BCUT2D eigenvalue weighted by atomic mass is 19.4. The lowest BCUT2D eigenvalue weighted by Crippen LogP contribution is -2.26. The van der Waals surface area contributed by atoms with Gasteiger partial charge in [0.1, 0.15) is 0 Å². The number of hydrogen-bond acceptors (Lipinski definition) is 6. The van der Waals surface area contributed by atoms with Crippen LogP contribution in [0.4, 0.5) is 18.9 Å². The molecule has 2 aromatic carbocycles. The topological polar surface area (TPSA) is 89.8 Å². The summed E-state index contributed by atoms with van der Waals surface area (Å²) in [6.45, 7) is 5.58. The molecule has 2 heterocycles. The lowest BCUT2D eigenvalue weighted by Gasteiger charge is -2.17. The maximum absolute atomic E-state index is 12.9. The Morgan fingerprint density at radius 3 is 2.61 bits per heavy atom. The molecule has 11 heteroatoms. The number of aromatic nitrogens is 3. The molecule has 0 aliphatic heterocycles. The van der Waals surface area contributed by atoms with Crippen LogP contribution < -0.4 is 20.1 Å². The lowest BCUT2D eigenvalue weighted by atomic mass is 10.0. The number of methoxy groups -OCH3 is 1. The molecule has 2 aromatic heterocycles. The Bertz CT molecular complexity index is 1580. The average molecular weight is 568 g/mol. The van der Waals surface area contributed by atoms with Crippen LogP contribution in [-0.4, -0.2) is 46.4 Å². The third-order valence-corrected chi connectivity index (χ3v) is 6.90. The number of carbonyl (C=O) groups is 1. The van der Waals surface area contributed by atoms with Crippen molar-refractivity contribution in [2.75, 3.05) is 19.0 Å². The molecular formula is C30H32F3N5O3. The molecule has 0 saturated heterocycles. The van der Waals surface area contributed by atoms with Crippen molar-refractivity contribution < 1.29 is 27.4 Å². The zero-order valence-electron chi connectivity index (χ0n) is 23.3. The van der Waals surface area contributed by atoms with E-state index in [0.717, 1.165) is 29.5 Å². The number of carbonyl (C=O) groups excluding carboxylic acids is 1. The van der Waals surface area contributed by atoms with E-state index >= 15 is 0 Å². The first-order valence-corrected chi connectivity index (χ1v) is 13.5. The zero-order valence-corrected chi connectivity index (χ0v) is 23.3. The van der Waals surface area contributed by atoms with Gasteiger partial charge in [-0.3, -0.25) is 4.79 Å². The number of alkyl halides is 3. The number of fused-ring (bicyclic) bond motifs is 1. The second-order valence-corrected chi connectivity index (χ2v) is 10.5. The van der Waals surface area contributed by atoms with E-state index in [2.05, 4.69) is 20.7 Å². The van der Waals surface area contributed by atoms with Gasteiger partial charge in [0.05, 0.1) is 31.1 Å². The molecule has 4 aromatic rings. The first-order chi connectivity index (χ1) is 19.5. The number of nitrogens with zero attached hydrogens (tertiary/aromatic N) is 3. The maximum atomic E-state index is 12.9. The highest BCUT2D eigenvalue weighted by Gasteiger charge is 2.27. The van der Waals surface area contributed by atoms with Gasteiger partial charge in [0.2, 0.25) is 5.88 Å². The van der Waals surface area contributed by atoms with Crippen LogP contribution in [-0.2, 0) is 0 Å². The molecule has 41 heavy (non-hydrogen) atoms. The smallest absolute Gasteiger partial charge is 0.390 e. The average Bonchev–Trinajstić information content (AvgIpc) is 3.62. The molecule has 2 N–H and O–H groups in total. The number of aryl methyl sites for hydroxylation is 1. The quantitative estimate of drug-likeness (QED) is 0.217. The molecule has 1 aliphatic carbocycles. The summed E-state index contributed by atoms with van der Waals surface area (Å²) < 4.78 is 52.1. The van der Waals surface area contributed by atoms with Gasteiger partial charge in [0, 0.05) is 35.3 Å². The van der Waals surface area contributed by atoms with Gasteiger partial charge in [0.25, 0.3) is 5.91 Å². The van der Waals surface area contributed by atoms with Gasteiger partial charge in [0.15, 0.2) is 17.1 Å². The van der Waals surface area contributed by atoms with Gasteiger partial charge in [-0.2, -0.15) is 13.2 Å². The third kappa shape index (κ3) is 6.39. The fourth-order valence-electron chi connectivity index (χ4n) is 4.63. The molecule has 5 rings (SSSR count). The number of para-hydroxylation sites is 1. The Labute approximate surface area is 235 Å². The molecule has 1 aliphatic rings. The largest absolute Gasteiger partial charge is 0.493 e. The molecule has 0 bridgehead atoms. The number of rotatable bonds is 10. The van der Waals surface area contributed by atoms with E-state index in [9.17, 15) is 18.0 Å². The van der Waals surface area contributed by atoms with Crippen LogP contribution >= 0.6 is 0 Å². The fourth-order valence-corrected chi connectivity index (χ4v) is 4.63. The number of benzene rings is 2. The minimum Gasteiger partial charge on any atom is -0.493 e. The third-order valence-electron chi connectivity index (χ3n) is 6.90. The SMILES string of the molecule is COc1c(Oc2cc(NCCC(F)(F)F)c3ncc(-c4ccc(C(=O)NC5CC5)c(C)c4)n3n2)cccc1C(C)C. The summed E-state index contributed by atoms with van der Waals surface area (Å²) in [5.74, 6) is 1.18. The monoisotopic (exact) mass is 567 g/mol. The molecule has 1 fully saturated rings. The van der Waals surface area contributed by atoms with E-state index < -0.39 is 12.6 Å². The van der Waals surface area contributed by atoms with Gasteiger partial charge in [-0.05, 0) is 49.4 Å². The van der Waals surface area contributed by atoms with E-state index in [-0.39, 0.29) is 30.3 Å². The van der Waals surface area contributed by atoms with Crippen molar-refractivity contribution in [2.45, 2.75) is 58.2 Å². The zero-order chi connectivity index (χ0) is 29.3. The van der Waals surface area contributed by atoms with Crippen molar-refractivity contribution >= 4 is 17.2 Å². The summed E-state index contributed by atoms with van der Waals surface area (Å²) in [6, 6.07) is 12.7. The first-order valence-electron chi connectivity index (χ1n) is 13.5. The highest BCUT2D eigenvalue weighted by Crippen LogP contribution is 2.38. The van der Waals surface area contributed by atoms with E-state index in [0.29, 0.717) is 34.1 Å². The lowest BCUT2D eigenvalue weighted by molar-refractivity contribution is -0.131. The van der Waals surface area contributed by atoms with Crippen molar-refractivity contribution in [3.05, 3.63) is 65.4 Å². The fraction of sp³-hybridized carbons (Fsp3) is 0.367. The van der Waals surface area contributed by atoms with Gasteiger partial charge >= 0.3 is 6.18 Å². The van der Waals surface area contributed by atoms with Gasteiger partial charge in [-0.25, -0.2) is 9.50 Å². The van der Waals surface area contributed by atoms with Gasteiger partial charge in [-0.15, -0.1) is 5.10 Å². The Morgan fingerprint density at radius 2 is 1.95 bits per heavy atom. The normalized spacial score (nSPS) is 13.5. The summed E-state index contributed by atoms with van der Waals surface area (Å²) >= 11 is 0. The van der Waals surface area contributed by atoms with Crippen LogP contribution in [0.15, 0.2) is 48.7 Å². The number of ether oxygens (including phenoxy) is 2. The van der Waals surface area contributed by atoms with E-state index in [1.165, 1.54) is 10.6 Å². The molecular weight excluding hydrogens is 535 g/mol. The summed E-state index contributed by atoms with van der Waals surface area (Å²) in [4.78, 5) is 17.1. The van der Waals surface area contributed by atoms with Crippen LogP contribution in [0.2, 0.25) is 0 Å². The molecule has 0 atom stereocenters. The maximum Gasteiger partial charge on any atom is 0.390 e. The second-order valence-electron chi connectivity index (χ2n) is 10.5. The van der Waals surface area contributed by atoms with E-state index in [1.807, 2.05) is 39.0 Å². The van der Waals surface area contributed by atoms with Gasteiger partial charge in [-0.1, -0.05) is 32.0 Å². The number of hydrogen-bond donors (Lipinski definition) is 2. The standard InChI is InChI=1S/C30H32F3N5O3/c1-17(2)21-6-5-7-25(27(21)40-4)41-26-15-23(34-13-12-30(31,32)33)28-35-16-24(38(28)37-26)19-8-11-22(18(3)14-19)29(39)36-20-9-10-20/h5-8,11,14-17,20,34H,9-10,12-13H2,1-4H3,(H,36,39). The predicted octanol–water partition coefficient (Wildman–Crippen LogP) is 6.89. The number of anilines is 1. The van der Waals surface area contributed by atoms with Gasteiger partial charge < -0.3 is 20.1 Å². The summed E-state index contributed by atoms with van der Waals surface area (Å²) in [6.07, 6.45) is -1.74. The number of amides is 1. The summed E-state index contributed by atoms with van der Waals surface area (Å²) in [7, 11) is 1.56. The second kappa shape index (κ2) is 11.3. The van der Waals surface area contributed by atoms with Crippen molar-refractivity contribution in [3.8, 4) is 28.6 Å². The molecule has 0 radical (unpaired) electrons. The number of imidazole rings is 1. The number of halogens is 3. The number of nitrogens with one attached hydrogen (secondary N) is 2. The van der Waals surface area contributed by atoms with E-state index in [1.54, 1.807) is 31.5 Å². The highest BCUT2D eigenvalue weighted by molar-refractivity contribution is 5.96. The Morgan fingerprint density at radius 1 is 1.17 bits per heavy atom. The first kappa shape index (κ1) is 28.3. The molecule has 216 valence electrons. The Hall–Kier alpha value is -4.28. The van der Waals surface area contributed by atoms with Crippen molar-refractivity contribution in [3.63, 3.8) is 0 Å². The van der Waals surface area contributed by atoms with E-state index in [4.69, 9.17) is 9.47 Å². The van der Waals surface area contributed by atoms with Crippen molar-refractivity contribution in [1.82, 2.24) is 19.9 Å². The molecule has 1 saturated carbocycles. The van der Waals surface area contributed by atoms with Crippen molar-refractivity contribution in [1.29, 1.82) is 0 Å². The minimum absolute atomic E-state index is 0.114. The Kier molecular flexibility index (Phi) is 7.79. The predicted molar refractivity (Wildman–Crippen MR) is 150 cm³/mol. The van der Waals surface area contributed by atoms with Crippen LogP contribution in [0.1, 0.15) is 60.5 Å².